The van der Waals surface area contributed by atoms with E-state index in [1.807, 2.05) is 6.92 Å². The first-order chi connectivity index (χ1) is 7.27. The van der Waals surface area contributed by atoms with Crippen LogP contribution >= 0.6 is 0 Å². The number of hydrogen-bond acceptors (Lipinski definition) is 3. The van der Waals surface area contributed by atoms with Crippen LogP contribution in [0.15, 0.2) is 0 Å². The molecule has 0 bridgehead atoms. The fraction of sp³-hybridized carbons (Fsp3) is 0.909. The van der Waals surface area contributed by atoms with Gasteiger partial charge in [-0.15, -0.1) is 0 Å². The van der Waals surface area contributed by atoms with E-state index in [0.717, 1.165) is 32.2 Å². The van der Waals surface area contributed by atoms with Gasteiger partial charge >= 0.3 is 0 Å². The van der Waals surface area contributed by atoms with E-state index in [2.05, 4.69) is 10.6 Å². The molecule has 1 fully saturated rings. The summed E-state index contributed by atoms with van der Waals surface area (Å²) in [6, 6.07) is -0.157. The van der Waals surface area contributed by atoms with Crippen LogP contribution < -0.4 is 10.6 Å². The lowest BCUT2D eigenvalue weighted by molar-refractivity contribution is -0.124. The van der Waals surface area contributed by atoms with Crippen LogP contribution in [-0.2, 0) is 4.79 Å². The van der Waals surface area contributed by atoms with E-state index in [0.29, 0.717) is 0 Å². The molecule has 1 unspecified atom stereocenters. The molecule has 0 aliphatic carbocycles. The first-order valence-corrected chi connectivity index (χ1v) is 5.92. The van der Waals surface area contributed by atoms with Crippen molar-refractivity contribution in [1.82, 2.24) is 10.6 Å². The summed E-state index contributed by atoms with van der Waals surface area (Å²) in [5, 5.41) is 15.1. The van der Waals surface area contributed by atoms with E-state index < -0.39 is 0 Å². The maximum Gasteiger partial charge on any atom is 0.237 e. The molecule has 0 aromatic rings. The largest absolute Gasteiger partial charge is 0.394 e. The van der Waals surface area contributed by atoms with Crippen molar-refractivity contribution >= 4 is 5.91 Å². The van der Waals surface area contributed by atoms with Gasteiger partial charge in [0.25, 0.3) is 0 Å². The van der Waals surface area contributed by atoms with E-state index in [4.69, 9.17) is 5.11 Å². The Labute approximate surface area is 91.4 Å². The average Bonchev–Trinajstić information content (AvgIpc) is 2.54. The predicted octanol–water partition coefficient (Wildman–Crippen LogP) is 0.406. The van der Waals surface area contributed by atoms with Crippen LogP contribution in [0.2, 0.25) is 0 Å². The molecular weight excluding hydrogens is 192 g/mol. The van der Waals surface area contributed by atoms with Crippen LogP contribution in [0.25, 0.3) is 0 Å². The SMILES string of the molecule is CC[C@@H](CO)NC(=O)C1CCCCCN1. The third-order valence-electron chi connectivity index (χ3n) is 2.94. The minimum Gasteiger partial charge on any atom is -0.394 e. The Morgan fingerprint density at radius 2 is 2.33 bits per heavy atom. The summed E-state index contributed by atoms with van der Waals surface area (Å²) < 4.78 is 0. The van der Waals surface area contributed by atoms with E-state index in [1.165, 1.54) is 6.42 Å². The number of aliphatic hydroxyl groups excluding tert-OH is 1. The molecule has 15 heavy (non-hydrogen) atoms. The Bertz CT molecular complexity index is 185. The van der Waals surface area contributed by atoms with Gasteiger partial charge in [0, 0.05) is 0 Å². The first kappa shape index (κ1) is 12.5. The fourth-order valence-corrected chi connectivity index (χ4v) is 1.83. The summed E-state index contributed by atoms with van der Waals surface area (Å²) in [6.45, 7) is 2.91. The van der Waals surface area contributed by atoms with Crippen molar-refractivity contribution in [3.63, 3.8) is 0 Å². The van der Waals surface area contributed by atoms with Gasteiger partial charge in [0.05, 0.1) is 18.7 Å². The molecule has 0 radical (unpaired) electrons. The maximum atomic E-state index is 11.8. The van der Waals surface area contributed by atoms with Gasteiger partial charge < -0.3 is 15.7 Å². The molecule has 4 nitrogen and oxygen atoms in total. The zero-order valence-electron chi connectivity index (χ0n) is 9.46. The van der Waals surface area contributed by atoms with E-state index in [9.17, 15) is 4.79 Å². The third-order valence-corrected chi connectivity index (χ3v) is 2.94. The van der Waals surface area contributed by atoms with Gasteiger partial charge in [-0.2, -0.15) is 0 Å². The van der Waals surface area contributed by atoms with Crippen molar-refractivity contribution in [3.05, 3.63) is 0 Å². The molecule has 1 aliphatic heterocycles. The minimum absolute atomic E-state index is 0.0228. The van der Waals surface area contributed by atoms with Crippen molar-refractivity contribution in [1.29, 1.82) is 0 Å². The van der Waals surface area contributed by atoms with Crippen LogP contribution in [0.3, 0.4) is 0 Å². The van der Waals surface area contributed by atoms with Gasteiger partial charge in [0.15, 0.2) is 0 Å². The van der Waals surface area contributed by atoms with Crippen molar-refractivity contribution in [3.8, 4) is 0 Å². The lowest BCUT2D eigenvalue weighted by atomic mass is 10.1. The Morgan fingerprint density at radius 1 is 1.53 bits per heavy atom. The summed E-state index contributed by atoms with van der Waals surface area (Å²) in [5.74, 6) is 0.0396. The summed E-state index contributed by atoms with van der Waals surface area (Å²) in [5.41, 5.74) is 0. The molecule has 3 N–H and O–H groups in total. The quantitative estimate of drug-likeness (QED) is 0.635. The summed E-state index contributed by atoms with van der Waals surface area (Å²) in [4.78, 5) is 11.8. The van der Waals surface area contributed by atoms with Crippen molar-refractivity contribution < 1.29 is 9.90 Å². The average molecular weight is 214 g/mol. The molecule has 0 aromatic carbocycles. The molecule has 1 saturated heterocycles. The standard InChI is InChI=1S/C11H22N2O2/c1-2-9(8-14)13-11(15)10-6-4-3-5-7-12-10/h9-10,12,14H,2-8H2,1H3,(H,13,15)/t9-,10?/m0/s1. The highest BCUT2D eigenvalue weighted by Gasteiger charge is 2.20. The van der Waals surface area contributed by atoms with E-state index >= 15 is 0 Å². The van der Waals surface area contributed by atoms with Gasteiger partial charge in [-0.3, -0.25) is 4.79 Å². The van der Waals surface area contributed by atoms with Crippen LogP contribution in [0, 0.1) is 0 Å². The minimum atomic E-state index is -0.0949. The first-order valence-electron chi connectivity index (χ1n) is 5.92. The van der Waals surface area contributed by atoms with Gasteiger partial charge in [-0.05, 0) is 25.8 Å². The highest BCUT2D eigenvalue weighted by atomic mass is 16.3. The topological polar surface area (TPSA) is 61.4 Å². The lowest BCUT2D eigenvalue weighted by Gasteiger charge is -2.20. The normalized spacial score (nSPS) is 24.3. The Kier molecular flexibility index (Phi) is 5.65. The fourth-order valence-electron chi connectivity index (χ4n) is 1.83. The zero-order chi connectivity index (χ0) is 11.1. The lowest BCUT2D eigenvalue weighted by Crippen LogP contribution is -2.48. The second-order valence-corrected chi connectivity index (χ2v) is 4.15. The van der Waals surface area contributed by atoms with Crippen molar-refractivity contribution in [2.45, 2.75) is 51.1 Å². The maximum absolute atomic E-state index is 11.8. The second-order valence-electron chi connectivity index (χ2n) is 4.15. The molecule has 88 valence electrons. The molecule has 1 rings (SSSR count). The molecule has 1 aliphatic rings. The molecule has 4 heteroatoms. The number of nitrogens with one attached hydrogen (secondary N) is 2. The van der Waals surface area contributed by atoms with Crippen molar-refractivity contribution in [2.24, 2.45) is 0 Å². The molecule has 1 amide bonds. The number of rotatable bonds is 4. The van der Waals surface area contributed by atoms with Crippen LogP contribution in [-0.4, -0.2) is 36.2 Å². The third kappa shape index (κ3) is 4.18. The van der Waals surface area contributed by atoms with Crippen LogP contribution in [0.5, 0.6) is 0 Å². The number of amides is 1. The molecule has 0 saturated carbocycles. The van der Waals surface area contributed by atoms with Gasteiger partial charge in [-0.25, -0.2) is 0 Å². The summed E-state index contributed by atoms with van der Waals surface area (Å²) in [7, 11) is 0. The monoisotopic (exact) mass is 214 g/mol. The number of aliphatic hydroxyl groups is 1. The molecule has 1 heterocycles. The van der Waals surface area contributed by atoms with Gasteiger partial charge in [0.2, 0.25) is 5.91 Å². The number of carbonyl (C=O) groups is 1. The number of hydrogen-bond donors (Lipinski definition) is 3. The highest BCUT2D eigenvalue weighted by Crippen LogP contribution is 2.08. The predicted molar refractivity (Wildman–Crippen MR) is 59.6 cm³/mol. The van der Waals surface area contributed by atoms with Gasteiger partial charge in [0.1, 0.15) is 0 Å². The molecule has 2 atom stereocenters. The van der Waals surface area contributed by atoms with Crippen LogP contribution in [0.4, 0.5) is 0 Å². The Morgan fingerprint density at radius 3 is 3.00 bits per heavy atom. The molecule has 0 spiro atoms. The second kappa shape index (κ2) is 6.80. The smallest absolute Gasteiger partial charge is 0.237 e. The van der Waals surface area contributed by atoms with Gasteiger partial charge in [-0.1, -0.05) is 19.8 Å². The number of carbonyl (C=O) groups excluding carboxylic acids is 1. The van der Waals surface area contributed by atoms with Crippen LogP contribution in [0.1, 0.15) is 39.0 Å². The van der Waals surface area contributed by atoms with Crippen molar-refractivity contribution in [2.75, 3.05) is 13.2 Å². The summed E-state index contributed by atoms with van der Waals surface area (Å²) in [6.07, 6.45) is 5.15. The van der Waals surface area contributed by atoms with E-state index in [1.54, 1.807) is 0 Å². The summed E-state index contributed by atoms with van der Waals surface area (Å²) >= 11 is 0. The zero-order valence-corrected chi connectivity index (χ0v) is 9.46. The molecular formula is C11H22N2O2. The highest BCUT2D eigenvalue weighted by molar-refractivity contribution is 5.82. The Balaban J connectivity index is 2.36. The van der Waals surface area contributed by atoms with E-state index in [-0.39, 0.29) is 24.6 Å². The Hall–Kier alpha value is -0.610. The molecule has 0 aromatic heterocycles.